The lowest BCUT2D eigenvalue weighted by Crippen LogP contribution is -1.98. The number of hydrogen-bond donors (Lipinski definition) is 1. The number of imidazole rings is 1. The van der Waals surface area contributed by atoms with E-state index in [1.165, 1.54) is 5.56 Å². The van der Waals surface area contributed by atoms with Crippen LogP contribution in [0.3, 0.4) is 0 Å². The van der Waals surface area contributed by atoms with Crippen molar-refractivity contribution in [3.8, 4) is 0 Å². The normalized spacial score (nSPS) is 11.5. The molecule has 0 atom stereocenters. The number of hydrogen-bond acceptors (Lipinski definition) is 2. The zero-order valence-electron chi connectivity index (χ0n) is 9.49. The molecule has 0 fully saturated rings. The average molecular weight is 203 g/mol. The van der Waals surface area contributed by atoms with Gasteiger partial charge < -0.3 is 10.1 Å². The first kappa shape index (κ1) is 10.2. The summed E-state index contributed by atoms with van der Waals surface area (Å²) in [5.41, 5.74) is 9.13. The van der Waals surface area contributed by atoms with Crippen molar-refractivity contribution < 1.29 is 0 Å². The van der Waals surface area contributed by atoms with Gasteiger partial charge in [0.2, 0.25) is 0 Å². The third kappa shape index (κ3) is 1.63. The summed E-state index contributed by atoms with van der Waals surface area (Å²) in [6.07, 6.45) is 2.08. The summed E-state index contributed by atoms with van der Waals surface area (Å²) in [5, 5.41) is 0. The monoisotopic (exact) mass is 203 g/mol. The molecule has 0 aliphatic carbocycles. The van der Waals surface area contributed by atoms with Crippen LogP contribution in [0.25, 0.3) is 5.52 Å². The standard InChI is InChI=1S/C12H17N3/c1-8(2)10-4-5-15-9(3)14-11(7-13)12(15)6-10/h4-6,8H,7,13H2,1-3H3. The van der Waals surface area contributed by atoms with E-state index in [0.717, 1.165) is 17.0 Å². The van der Waals surface area contributed by atoms with Gasteiger partial charge in [0.25, 0.3) is 0 Å². The number of pyridine rings is 1. The second-order valence-corrected chi connectivity index (χ2v) is 4.18. The van der Waals surface area contributed by atoms with E-state index in [2.05, 4.69) is 41.6 Å². The Balaban J connectivity index is 2.68. The average Bonchev–Trinajstić information content (AvgIpc) is 2.55. The zero-order valence-corrected chi connectivity index (χ0v) is 9.49. The molecule has 0 aliphatic heterocycles. The molecule has 3 nitrogen and oxygen atoms in total. The Morgan fingerprint density at radius 1 is 1.47 bits per heavy atom. The van der Waals surface area contributed by atoms with Gasteiger partial charge in [0.15, 0.2) is 0 Å². The smallest absolute Gasteiger partial charge is 0.110 e. The highest BCUT2D eigenvalue weighted by atomic mass is 15.0. The van der Waals surface area contributed by atoms with Crippen LogP contribution in [-0.2, 0) is 6.54 Å². The number of aryl methyl sites for hydroxylation is 1. The van der Waals surface area contributed by atoms with Gasteiger partial charge in [0.05, 0.1) is 11.2 Å². The van der Waals surface area contributed by atoms with Gasteiger partial charge in [-0.25, -0.2) is 4.98 Å². The van der Waals surface area contributed by atoms with Crippen molar-refractivity contribution in [1.29, 1.82) is 0 Å². The predicted octanol–water partition coefficient (Wildman–Crippen LogP) is 2.22. The lowest BCUT2D eigenvalue weighted by Gasteiger charge is -2.06. The summed E-state index contributed by atoms with van der Waals surface area (Å²) in [5.74, 6) is 1.54. The van der Waals surface area contributed by atoms with Crippen molar-refractivity contribution in [2.45, 2.75) is 33.2 Å². The minimum Gasteiger partial charge on any atom is -0.325 e. The molecular formula is C12H17N3. The minimum absolute atomic E-state index is 0.499. The van der Waals surface area contributed by atoms with Crippen LogP contribution in [0.5, 0.6) is 0 Å². The highest BCUT2D eigenvalue weighted by molar-refractivity contribution is 5.55. The molecule has 0 saturated heterocycles. The van der Waals surface area contributed by atoms with Crippen LogP contribution in [0, 0.1) is 6.92 Å². The Hall–Kier alpha value is -1.35. The van der Waals surface area contributed by atoms with Gasteiger partial charge in [-0.3, -0.25) is 0 Å². The predicted molar refractivity (Wildman–Crippen MR) is 61.9 cm³/mol. The number of fused-ring (bicyclic) bond motifs is 1. The number of aromatic nitrogens is 2. The van der Waals surface area contributed by atoms with Crippen LogP contribution < -0.4 is 5.73 Å². The molecule has 2 aromatic rings. The Morgan fingerprint density at radius 3 is 2.80 bits per heavy atom. The van der Waals surface area contributed by atoms with E-state index in [1.54, 1.807) is 0 Å². The first-order chi connectivity index (χ1) is 7.13. The van der Waals surface area contributed by atoms with Crippen LogP contribution in [0.1, 0.15) is 36.8 Å². The second-order valence-electron chi connectivity index (χ2n) is 4.18. The molecule has 80 valence electrons. The maximum Gasteiger partial charge on any atom is 0.110 e. The van der Waals surface area contributed by atoms with Gasteiger partial charge in [-0.1, -0.05) is 13.8 Å². The van der Waals surface area contributed by atoms with Gasteiger partial charge in [0.1, 0.15) is 5.82 Å². The molecule has 2 rings (SSSR count). The summed E-state index contributed by atoms with van der Waals surface area (Å²) in [6, 6.07) is 4.33. The second kappa shape index (κ2) is 3.66. The fourth-order valence-electron chi connectivity index (χ4n) is 1.84. The van der Waals surface area contributed by atoms with E-state index in [4.69, 9.17) is 5.73 Å². The summed E-state index contributed by atoms with van der Waals surface area (Å²) >= 11 is 0. The lowest BCUT2D eigenvalue weighted by molar-refractivity contribution is 0.862. The summed E-state index contributed by atoms with van der Waals surface area (Å²) < 4.78 is 2.09. The summed E-state index contributed by atoms with van der Waals surface area (Å²) in [6.45, 7) is 6.88. The van der Waals surface area contributed by atoms with Crippen LogP contribution in [0.2, 0.25) is 0 Å². The van der Waals surface area contributed by atoms with E-state index < -0.39 is 0 Å². The molecule has 2 N–H and O–H groups in total. The number of nitrogens with two attached hydrogens (primary N) is 1. The molecule has 0 radical (unpaired) electrons. The highest BCUT2D eigenvalue weighted by Crippen LogP contribution is 2.19. The Labute approximate surface area is 89.9 Å². The van der Waals surface area contributed by atoms with Gasteiger partial charge in [-0.05, 0) is 30.5 Å². The van der Waals surface area contributed by atoms with Gasteiger partial charge in [0, 0.05) is 12.7 Å². The third-order valence-electron chi connectivity index (χ3n) is 2.78. The van der Waals surface area contributed by atoms with E-state index in [9.17, 15) is 0 Å². The topological polar surface area (TPSA) is 43.3 Å². The number of nitrogens with zero attached hydrogens (tertiary/aromatic N) is 2. The molecule has 15 heavy (non-hydrogen) atoms. The molecular weight excluding hydrogens is 186 g/mol. The molecule has 0 aromatic carbocycles. The quantitative estimate of drug-likeness (QED) is 0.813. The van der Waals surface area contributed by atoms with Gasteiger partial charge in [-0.2, -0.15) is 0 Å². The van der Waals surface area contributed by atoms with E-state index >= 15 is 0 Å². The fourth-order valence-corrected chi connectivity index (χ4v) is 1.84. The zero-order chi connectivity index (χ0) is 11.0. The van der Waals surface area contributed by atoms with Crippen LogP contribution in [0.15, 0.2) is 18.3 Å². The largest absolute Gasteiger partial charge is 0.325 e. The van der Waals surface area contributed by atoms with Crippen LogP contribution >= 0.6 is 0 Å². The molecule has 0 bridgehead atoms. The first-order valence-corrected chi connectivity index (χ1v) is 5.31. The molecule has 0 amide bonds. The van der Waals surface area contributed by atoms with E-state index in [-0.39, 0.29) is 0 Å². The first-order valence-electron chi connectivity index (χ1n) is 5.31. The maximum atomic E-state index is 5.68. The van der Waals surface area contributed by atoms with Crippen molar-refractivity contribution in [1.82, 2.24) is 9.38 Å². The molecule has 0 spiro atoms. The van der Waals surface area contributed by atoms with E-state index in [1.807, 2.05) is 6.92 Å². The Kier molecular flexibility index (Phi) is 2.49. The lowest BCUT2D eigenvalue weighted by atomic mass is 10.0. The molecule has 2 aromatic heterocycles. The molecule has 0 unspecified atom stereocenters. The number of rotatable bonds is 2. The molecule has 3 heteroatoms. The molecule has 0 aliphatic rings. The van der Waals surface area contributed by atoms with E-state index in [0.29, 0.717) is 12.5 Å². The molecule has 0 saturated carbocycles. The molecule has 2 heterocycles. The van der Waals surface area contributed by atoms with Crippen LogP contribution in [0.4, 0.5) is 0 Å². The maximum absolute atomic E-state index is 5.68. The third-order valence-corrected chi connectivity index (χ3v) is 2.78. The SMILES string of the molecule is Cc1nc(CN)c2cc(C(C)C)ccn12. The van der Waals surface area contributed by atoms with Crippen molar-refractivity contribution in [3.05, 3.63) is 35.4 Å². The van der Waals surface area contributed by atoms with Crippen molar-refractivity contribution in [2.24, 2.45) is 5.73 Å². The fraction of sp³-hybridized carbons (Fsp3) is 0.417. The Morgan fingerprint density at radius 2 is 2.20 bits per heavy atom. The van der Waals surface area contributed by atoms with Crippen LogP contribution in [-0.4, -0.2) is 9.38 Å². The van der Waals surface area contributed by atoms with Gasteiger partial charge >= 0.3 is 0 Å². The minimum atomic E-state index is 0.499. The van der Waals surface area contributed by atoms with Gasteiger partial charge in [-0.15, -0.1) is 0 Å². The summed E-state index contributed by atoms with van der Waals surface area (Å²) in [4.78, 5) is 4.45. The van der Waals surface area contributed by atoms with Crippen molar-refractivity contribution in [2.75, 3.05) is 0 Å². The Bertz CT molecular complexity index is 483. The van der Waals surface area contributed by atoms with Crippen molar-refractivity contribution in [3.63, 3.8) is 0 Å². The highest BCUT2D eigenvalue weighted by Gasteiger charge is 2.08. The summed E-state index contributed by atoms with van der Waals surface area (Å²) in [7, 11) is 0. The van der Waals surface area contributed by atoms with Crippen molar-refractivity contribution >= 4 is 5.52 Å².